The highest BCUT2D eigenvalue weighted by Crippen LogP contribution is 2.39. The first-order chi connectivity index (χ1) is 6.31. The highest BCUT2D eigenvalue weighted by molar-refractivity contribution is 5.31. The van der Waals surface area contributed by atoms with Gasteiger partial charge in [-0.2, -0.15) is 0 Å². The summed E-state index contributed by atoms with van der Waals surface area (Å²) in [5.41, 5.74) is 2.07. The molecule has 0 aliphatic heterocycles. The maximum Gasteiger partial charge on any atom is 0.101 e. The largest absolute Gasteiger partial charge is 0.392 e. The smallest absolute Gasteiger partial charge is 0.101 e. The van der Waals surface area contributed by atoms with Crippen molar-refractivity contribution in [1.29, 1.82) is 0 Å². The number of benzene rings is 1. The number of aliphatic hydroxyl groups is 1. The van der Waals surface area contributed by atoms with Crippen LogP contribution in [0.4, 0.5) is 4.39 Å². The first kappa shape index (κ1) is 8.70. The molecule has 1 fully saturated rings. The predicted molar refractivity (Wildman–Crippen MR) is 49.2 cm³/mol. The zero-order chi connectivity index (χ0) is 9.26. The Bertz CT molecular complexity index is 292. The molecule has 2 rings (SSSR count). The molecule has 0 saturated heterocycles. The van der Waals surface area contributed by atoms with Gasteiger partial charge in [-0.25, -0.2) is 4.39 Å². The van der Waals surface area contributed by atoms with Gasteiger partial charge in [-0.1, -0.05) is 24.3 Å². The summed E-state index contributed by atoms with van der Waals surface area (Å²) >= 11 is 0. The molecule has 0 radical (unpaired) electrons. The van der Waals surface area contributed by atoms with Gasteiger partial charge < -0.3 is 5.11 Å². The summed E-state index contributed by atoms with van der Waals surface area (Å²) in [5.74, 6) is 0.332. The minimum absolute atomic E-state index is 0.0592. The zero-order valence-electron chi connectivity index (χ0n) is 7.41. The Morgan fingerprint density at radius 2 is 2.00 bits per heavy atom. The Morgan fingerprint density at radius 1 is 1.31 bits per heavy atom. The van der Waals surface area contributed by atoms with Crippen LogP contribution < -0.4 is 0 Å². The van der Waals surface area contributed by atoms with E-state index < -0.39 is 6.17 Å². The minimum atomic E-state index is -0.628. The van der Waals surface area contributed by atoms with Crippen LogP contribution in [-0.4, -0.2) is 11.3 Å². The second-order valence-electron chi connectivity index (χ2n) is 3.62. The Balaban J connectivity index is 2.19. The molecule has 1 aromatic rings. The van der Waals surface area contributed by atoms with Crippen LogP contribution in [0.15, 0.2) is 24.3 Å². The Morgan fingerprint density at radius 3 is 2.62 bits per heavy atom. The van der Waals surface area contributed by atoms with Crippen LogP contribution in [0.2, 0.25) is 0 Å². The van der Waals surface area contributed by atoms with Crippen LogP contribution in [-0.2, 0) is 6.61 Å². The van der Waals surface area contributed by atoms with Crippen LogP contribution in [0, 0.1) is 0 Å². The molecule has 0 bridgehead atoms. The van der Waals surface area contributed by atoms with Crippen molar-refractivity contribution in [3.8, 4) is 0 Å². The molecule has 1 aliphatic carbocycles. The lowest BCUT2D eigenvalue weighted by Gasteiger charge is -2.31. The molecule has 0 amide bonds. The van der Waals surface area contributed by atoms with Gasteiger partial charge in [0.25, 0.3) is 0 Å². The van der Waals surface area contributed by atoms with E-state index in [0.29, 0.717) is 18.8 Å². The minimum Gasteiger partial charge on any atom is -0.392 e. The first-order valence-electron chi connectivity index (χ1n) is 4.64. The zero-order valence-corrected chi connectivity index (χ0v) is 7.41. The van der Waals surface area contributed by atoms with Gasteiger partial charge in [0.05, 0.1) is 6.61 Å². The molecule has 13 heavy (non-hydrogen) atoms. The van der Waals surface area contributed by atoms with Gasteiger partial charge in [-0.3, -0.25) is 0 Å². The third-order valence-corrected chi connectivity index (χ3v) is 2.75. The molecule has 1 aromatic carbocycles. The lowest BCUT2D eigenvalue weighted by Crippen LogP contribution is -2.23. The Hall–Kier alpha value is -0.890. The average molecular weight is 180 g/mol. The van der Waals surface area contributed by atoms with E-state index in [9.17, 15) is 4.39 Å². The quantitative estimate of drug-likeness (QED) is 0.741. The summed E-state index contributed by atoms with van der Waals surface area (Å²) in [6.07, 6.45) is 0.616. The lowest BCUT2D eigenvalue weighted by atomic mass is 9.77. The van der Waals surface area contributed by atoms with Gasteiger partial charge >= 0.3 is 0 Å². The summed E-state index contributed by atoms with van der Waals surface area (Å²) in [6.45, 7) is 0.0592. The van der Waals surface area contributed by atoms with Crippen molar-refractivity contribution < 1.29 is 9.50 Å². The maximum absolute atomic E-state index is 12.6. The van der Waals surface area contributed by atoms with Crippen LogP contribution in [0.5, 0.6) is 0 Å². The molecule has 0 atom stereocenters. The van der Waals surface area contributed by atoms with Crippen LogP contribution >= 0.6 is 0 Å². The van der Waals surface area contributed by atoms with E-state index >= 15 is 0 Å². The van der Waals surface area contributed by atoms with Crippen molar-refractivity contribution >= 4 is 0 Å². The highest BCUT2D eigenvalue weighted by atomic mass is 19.1. The van der Waals surface area contributed by atoms with Crippen molar-refractivity contribution in [2.45, 2.75) is 31.5 Å². The maximum atomic E-state index is 12.6. The molecule has 0 spiro atoms. The molecule has 0 heterocycles. The number of alkyl halides is 1. The normalized spacial score (nSPS) is 26.9. The molecule has 0 aromatic heterocycles. The van der Waals surface area contributed by atoms with Crippen molar-refractivity contribution in [3.63, 3.8) is 0 Å². The fourth-order valence-corrected chi connectivity index (χ4v) is 1.88. The highest BCUT2D eigenvalue weighted by Gasteiger charge is 2.30. The van der Waals surface area contributed by atoms with E-state index in [2.05, 4.69) is 0 Å². The summed E-state index contributed by atoms with van der Waals surface area (Å²) < 4.78 is 12.6. The fraction of sp³-hybridized carbons (Fsp3) is 0.455. The van der Waals surface area contributed by atoms with Crippen molar-refractivity contribution in [1.82, 2.24) is 0 Å². The van der Waals surface area contributed by atoms with Gasteiger partial charge in [0.1, 0.15) is 6.17 Å². The Kier molecular flexibility index (Phi) is 2.32. The second kappa shape index (κ2) is 3.46. The van der Waals surface area contributed by atoms with Gasteiger partial charge in [0.2, 0.25) is 0 Å². The molecule has 70 valence electrons. The molecule has 2 heteroatoms. The summed E-state index contributed by atoms with van der Waals surface area (Å²) in [7, 11) is 0. The van der Waals surface area contributed by atoms with E-state index in [1.54, 1.807) is 0 Å². The predicted octanol–water partition coefficient (Wildman–Crippen LogP) is 2.39. The average Bonchev–Trinajstić information content (AvgIpc) is 2.13. The van der Waals surface area contributed by atoms with Crippen LogP contribution in [0.1, 0.15) is 29.9 Å². The molecular formula is C11H13FO. The van der Waals surface area contributed by atoms with Crippen molar-refractivity contribution in [2.24, 2.45) is 0 Å². The van der Waals surface area contributed by atoms with Gasteiger partial charge in [-0.15, -0.1) is 0 Å². The Labute approximate surface area is 77.2 Å². The number of hydrogen-bond donors (Lipinski definition) is 1. The summed E-state index contributed by atoms with van der Waals surface area (Å²) in [4.78, 5) is 0. The second-order valence-corrected chi connectivity index (χ2v) is 3.62. The SMILES string of the molecule is OCc1ccccc1C1CC(F)C1. The van der Waals surface area contributed by atoms with Gasteiger partial charge in [0, 0.05) is 0 Å². The number of halogens is 1. The summed E-state index contributed by atoms with van der Waals surface area (Å²) in [6, 6.07) is 7.74. The van der Waals surface area contributed by atoms with Crippen LogP contribution in [0.3, 0.4) is 0 Å². The van der Waals surface area contributed by atoms with Gasteiger partial charge in [0.15, 0.2) is 0 Å². The monoisotopic (exact) mass is 180 g/mol. The number of aliphatic hydroxyl groups excluding tert-OH is 1. The molecule has 0 unspecified atom stereocenters. The van der Waals surface area contributed by atoms with Crippen LogP contribution in [0.25, 0.3) is 0 Å². The molecule has 1 N–H and O–H groups in total. The van der Waals surface area contributed by atoms with E-state index in [1.165, 1.54) is 0 Å². The van der Waals surface area contributed by atoms with E-state index in [1.807, 2.05) is 24.3 Å². The lowest BCUT2D eigenvalue weighted by molar-refractivity contribution is 0.176. The third kappa shape index (κ3) is 1.59. The molecular weight excluding hydrogens is 167 g/mol. The number of rotatable bonds is 2. The number of hydrogen-bond acceptors (Lipinski definition) is 1. The van der Waals surface area contributed by atoms with E-state index in [-0.39, 0.29) is 6.61 Å². The van der Waals surface area contributed by atoms with Crippen molar-refractivity contribution in [2.75, 3.05) is 0 Å². The fourth-order valence-electron chi connectivity index (χ4n) is 1.88. The van der Waals surface area contributed by atoms with Crippen molar-refractivity contribution in [3.05, 3.63) is 35.4 Å². The van der Waals surface area contributed by atoms with E-state index in [0.717, 1.165) is 11.1 Å². The summed E-state index contributed by atoms with van der Waals surface area (Å²) in [5, 5.41) is 9.06. The third-order valence-electron chi connectivity index (χ3n) is 2.75. The first-order valence-corrected chi connectivity index (χ1v) is 4.64. The standard InChI is InChI=1S/C11H13FO/c12-10-5-9(6-10)11-4-2-1-3-8(11)7-13/h1-4,9-10,13H,5-7H2. The molecule has 1 nitrogen and oxygen atoms in total. The van der Waals surface area contributed by atoms with Gasteiger partial charge in [-0.05, 0) is 29.9 Å². The van der Waals surface area contributed by atoms with E-state index in [4.69, 9.17) is 5.11 Å². The molecule has 1 aliphatic rings. The topological polar surface area (TPSA) is 20.2 Å². The molecule has 1 saturated carbocycles.